The molecule has 0 atom stereocenters. The molecule has 0 bridgehead atoms. The van der Waals surface area contributed by atoms with E-state index in [4.69, 9.17) is 0 Å². The van der Waals surface area contributed by atoms with Gasteiger partial charge in [0.05, 0.1) is 5.56 Å². The Morgan fingerprint density at radius 2 is 2.14 bits per heavy atom. The Hall–Kier alpha value is -3.22. The molecule has 0 aromatic carbocycles. The number of rotatable bonds is 4. The average molecular weight is 295 g/mol. The highest BCUT2D eigenvalue weighted by Crippen LogP contribution is 2.10. The Labute approximate surface area is 125 Å². The predicted octanol–water partition coefficient (Wildman–Crippen LogP) is 0.886. The van der Waals surface area contributed by atoms with Crippen molar-refractivity contribution in [1.82, 2.24) is 25.1 Å². The lowest BCUT2D eigenvalue weighted by Crippen LogP contribution is -2.24. The van der Waals surface area contributed by atoms with Gasteiger partial charge in [-0.1, -0.05) is 6.07 Å². The molecule has 0 aliphatic heterocycles. The van der Waals surface area contributed by atoms with Crippen molar-refractivity contribution in [2.75, 3.05) is 0 Å². The molecule has 2 N–H and O–H groups in total. The molecule has 0 spiro atoms. The molecule has 22 heavy (non-hydrogen) atoms. The Balaban J connectivity index is 1.76. The van der Waals surface area contributed by atoms with E-state index in [2.05, 4.69) is 20.4 Å². The highest BCUT2D eigenvalue weighted by molar-refractivity contribution is 5.93. The van der Waals surface area contributed by atoms with Crippen molar-refractivity contribution in [2.24, 2.45) is 0 Å². The van der Waals surface area contributed by atoms with Gasteiger partial charge in [-0.3, -0.25) is 9.59 Å². The minimum Gasteiger partial charge on any atom is -0.348 e. The van der Waals surface area contributed by atoms with E-state index in [1.54, 1.807) is 35.4 Å². The van der Waals surface area contributed by atoms with Crippen LogP contribution in [0.25, 0.3) is 5.82 Å². The molecule has 1 amide bonds. The molecule has 0 aliphatic rings. The van der Waals surface area contributed by atoms with Crippen molar-refractivity contribution in [3.63, 3.8) is 0 Å². The quantitative estimate of drug-likeness (QED) is 0.747. The number of carbonyl (C=O) groups excluding carboxylic acids is 1. The zero-order valence-electron chi connectivity index (χ0n) is 11.6. The smallest absolute Gasteiger partial charge is 0.253 e. The third-order valence-corrected chi connectivity index (χ3v) is 3.07. The molecule has 7 nitrogen and oxygen atoms in total. The fourth-order valence-corrected chi connectivity index (χ4v) is 2.00. The SMILES string of the molecule is O=C(NCc1cccnc1-n1cccn1)c1ccc(=O)[nH]c1. The molecule has 3 rings (SSSR count). The number of amides is 1. The van der Waals surface area contributed by atoms with E-state index in [0.717, 1.165) is 5.56 Å². The molecule has 0 unspecified atom stereocenters. The Morgan fingerprint density at radius 3 is 2.86 bits per heavy atom. The Bertz CT molecular complexity index is 819. The molecule has 110 valence electrons. The molecule has 3 aromatic heterocycles. The third kappa shape index (κ3) is 2.93. The first-order valence-corrected chi connectivity index (χ1v) is 6.65. The zero-order chi connectivity index (χ0) is 15.4. The van der Waals surface area contributed by atoms with Gasteiger partial charge in [-0.2, -0.15) is 5.10 Å². The van der Waals surface area contributed by atoms with Crippen LogP contribution in [0.4, 0.5) is 0 Å². The van der Waals surface area contributed by atoms with Crippen LogP contribution in [0.5, 0.6) is 0 Å². The third-order valence-electron chi connectivity index (χ3n) is 3.07. The van der Waals surface area contributed by atoms with Gasteiger partial charge in [-0.25, -0.2) is 9.67 Å². The van der Waals surface area contributed by atoms with Crippen molar-refractivity contribution in [3.05, 3.63) is 76.6 Å². The number of aromatic nitrogens is 4. The number of pyridine rings is 2. The fourth-order valence-electron chi connectivity index (χ4n) is 2.00. The normalized spacial score (nSPS) is 10.4. The first-order valence-electron chi connectivity index (χ1n) is 6.65. The van der Waals surface area contributed by atoms with E-state index in [0.29, 0.717) is 17.9 Å². The summed E-state index contributed by atoms with van der Waals surface area (Å²) in [6.07, 6.45) is 6.51. The molecule has 0 aliphatic carbocycles. The zero-order valence-corrected chi connectivity index (χ0v) is 11.6. The molecule has 0 fully saturated rings. The Kier molecular flexibility index (Phi) is 3.78. The van der Waals surface area contributed by atoms with E-state index in [-0.39, 0.29) is 11.5 Å². The van der Waals surface area contributed by atoms with Crippen molar-refractivity contribution in [3.8, 4) is 5.82 Å². The van der Waals surface area contributed by atoms with E-state index < -0.39 is 0 Å². The minimum atomic E-state index is -0.272. The molecular weight excluding hydrogens is 282 g/mol. The second kappa shape index (κ2) is 6.04. The largest absolute Gasteiger partial charge is 0.348 e. The van der Waals surface area contributed by atoms with E-state index >= 15 is 0 Å². The number of nitrogens with zero attached hydrogens (tertiary/aromatic N) is 3. The van der Waals surface area contributed by atoms with Gasteiger partial charge in [0.1, 0.15) is 0 Å². The summed E-state index contributed by atoms with van der Waals surface area (Å²) >= 11 is 0. The lowest BCUT2D eigenvalue weighted by molar-refractivity contribution is 0.0950. The van der Waals surface area contributed by atoms with E-state index in [1.807, 2.05) is 6.07 Å². The monoisotopic (exact) mass is 295 g/mol. The van der Waals surface area contributed by atoms with Crippen molar-refractivity contribution in [2.45, 2.75) is 6.54 Å². The van der Waals surface area contributed by atoms with Crippen LogP contribution >= 0.6 is 0 Å². The minimum absolute atomic E-state index is 0.246. The fraction of sp³-hybridized carbons (Fsp3) is 0.0667. The lowest BCUT2D eigenvalue weighted by Gasteiger charge is -2.09. The highest BCUT2D eigenvalue weighted by Gasteiger charge is 2.09. The van der Waals surface area contributed by atoms with Crippen LogP contribution in [-0.4, -0.2) is 25.7 Å². The van der Waals surface area contributed by atoms with Crippen LogP contribution in [-0.2, 0) is 6.54 Å². The van der Waals surface area contributed by atoms with Crippen LogP contribution in [0.2, 0.25) is 0 Å². The van der Waals surface area contributed by atoms with Gasteiger partial charge in [-0.05, 0) is 18.2 Å². The van der Waals surface area contributed by atoms with E-state index in [1.165, 1.54) is 18.3 Å². The highest BCUT2D eigenvalue weighted by atomic mass is 16.1. The first-order chi connectivity index (χ1) is 10.7. The summed E-state index contributed by atoms with van der Waals surface area (Å²) in [4.78, 5) is 29.8. The molecule has 0 saturated carbocycles. The maximum Gasteiger partial charge on any atom is 0.253 e. The van der Waals surface area contributed by atoms with Crippen molar-refractivity contribution >= 4 is 5.91 Å². The maximum atomic E-state index is 12.1. The van der Waals surface area contributed by atoms with Gasteiger partial charge in [0.15, 0.2) is 5.82 Å². The van der Waals surface area contributed by atoms with E-state index in [9.17, 15) is 9.59 Å². The van der Waals surface area contributed by atoms with Gasteiger partial charge in [0, 0.05) is 43.0 Å². The van der Waals surface area contributed by atoms with Crippen molar-refractivity contribution in [1.29, 1.82) is 0 Å². The number of hydrogen-bond donors (Lipinski definition) is 2. The van der Waals surface area contributed by atoms with Crippen LogP contribution in [0.15, 0.2) is 59.9 Å². The standard InChI is InChI=1S/C15H13N5O2/c21-13-5-4-12(10-17-13)15(22)18-9-11-3-1-6-16-14(11)20-8-2-7-19-20/h1-8,10H,9H2,(H,17,21)(H,18,22). The van der Waals surface area contributed by atoms with Gasteiger partial charge in [0.2, 0.25) is 5.56 Å². The second-order valence-electron chi connectivity index (χ2n) is 4.56. The molecule has 3 aromatic rings. The second-order valence-corrected chi connectivity index (χ2v) is 4.56. The van der Waals surface area contributed by atoms with Crippen LogP contribution in [0.1, 0.15) is 15.9 Å². The number of carbonyl (C=O) groups is 1. The summed E-state index contributed by atoms with van der Waals surface area (Å²) < 4.78 is 1.64. The van der Waals surface area contributed by atoms with Gasteiger partial charge >= 0.3 is 0 Å². The topological polar surface area (TPSA) is 92.7 Å². The van der Waals surface area contributed by atoms with Crippen LogP contribution < -0.4 is 10.9 Å². The molecule has 3 heterocycles. The predicted molar refractivity (Wildman–Crippen MR) is 79.6 cm³/mol. The van der Waals surface area contributed by atoms with Gasteiger partial charge < -0.3 is 10.3 Å². The van der Waals surface area contributed by atoms with Crippen LogP contribution in [0, 0.1) is 0 Å². The van der Waals surface area contributed by atoms with Gasteiger partial charge in [-0.15, -0.1) is 0 Å². The average Bonchev–Trinajstić information content (AvgIpc) is 3.08. The summed E-state index contributed by atoms with van der Waals surface area (Å²) in [5, 5.41) is 6.94. The molecular formula is C15H13N5O2. The summed E-state index contributed by atoms with van der Waals surface area (Å²) in [5.74, 6) is 0.390. The summed E-state index contributed by atoms with van der Waals surface area (Å²) in [6, 6.07) is 8.27. The molecule has 7 heteroatoms. The molecule has 0 radical (unpaired) electrons. The number of nitrogens with one attached hydrogen (secondary N) is 2. The molecule has 0 saturated heterocycles. The number of H-pyrrole nitrogens is 1. The summed E-state index contributed by atoms with van der Waals surface area (Å²) in [7, 11) is 0. The lowest BCUT2D eigenvalue weighted by atomic mass is 10.2. The number of aromatic amines is 1. The maximum absolute atomic E-state index is 12.1. The summed E-state index contributed by atoms with van der Waals surface area (Å²) in [5.41, 5.74) is 0.984. The van der Waals surface area contributed by atoms with Gasteiger partial charge in [0.25, 0.3) is 5.91 Å². The number of hydrogen-bond acceptors (Lipinski definition) is 4. The first kappa shape index (κ1) is 13.7. The van der Waals surface area contributed by atoms with Crippen molar-refractivity contribution < 1.29 is 4.79 Å². The summed E-state index contributed by atoms with van der Waals surface area (Å²) in [6.45, 7) is 0.307. The van der Waals surface area contributed by atoms with Crippen LogP contribution in [0.3, 0.4) is 0 Å². The Morgan fingerprint density at radius 1 is 1.23 bits per heavy atom.